The number of fused-ring (bicyclic) bond motifs is 1. The van der Waals surface area contributed by atoms with Crippen LogP contribution in [-0.2, 0) is 11.3 Å². The van der Waals surface area contributed by atoms with Crippen LogP contribution in [0.2, 0.25) is 0 Å². The molecule has 15 heavy (non-hydrogen) atoms. The van der Waals surface area contributed by atoms with Gasteiger partial charge in [-0.25, -0.2) is 0 Å². The summed E-state index contributed by atoms with van der Waals surface area (Å²) in [5, 5.41) is 3.17. The summed E-state index contributed by atoms with van der Waals surface area (Å²) in [6.45, 7) is 2.37. The van der Waals surface area contributed by atoms with Crippen LogP contribution in [0.4, 0.5) is 11.4 Å². The first-order chi connectivity index (χ1) is 7.13. The van der Waals surface area contributed by atoms with Crippen molar-refractivity contribution in [1.82, 2.24) is 0 Å². The minimum absolute atomic E-state index is 0.0861. The number of nitrogens with two attached hydrogens (primary N) is 1. The number of carbonyl (C=O) groups excluding carboxylic acids is 1. The number of carbonyl (C=O) groups is 1. The molecule has 1 unspecified atom stereocenters. The first-order valence-corrected chi connectivity index (χ1v) is 5.00. The Morgan fingerprint density at radius 1 is 1.53 bits per heavy atom. The van der Waals surface area contributed by atoms with Gasteiger partial charge in [0.25, 0.3) is 0 Å². The highest BCUT2D eigenvalue weighted by Gasteiger charge is 2.26. The molecule has 1 aromatic carbocycles. The summed E-state index contributed by atoms with van der Waals surface area (Å²) in [6.07, 6.45) is 0. The van der Waals surface area contributed by atoms with Crippen molar-refractivity contribution in [1.29, 1.82) is 0 Å². The molecule has 0 spiro atoms. The van der Waals surface area contributed by atoms with Crippen molar-refractivity contribution >= 4 is 17.3 Å². The lowest BCUT2D eigenvalue weighted by Gasteiger charge is -2.31. The molecule has 2 rings (SSSR count). The second-order valence-corrected chi connectivity index (χ2v) is 3.82. The molecule has 1 aromatic rings. The Morgan fingerprint density at radius 3 is 2.93 bits per heavy atom. The van der Waals surface area contributed by atoms with E-state index in [1.165, 1.54) is 0 Å². The van der Waals surface area contributed by atoms with E-state index < -0.39 is 0 Å². The minimum atomic E-state index is -0.171. The molecule has 0 saturated carbocycles. The lowest BCUT2D eigenvalue weighted by atomic mass is 10.1. The van der Waals surface area contributed by atoms with Gasteiger partial charge in [-0.1, -0.05) is 6.07 Å². The van der Waals surface area contributed by atoms with Crippen molar-refractivity contribution < 1.29 is 4.79 Å². The van der Waals surface area contributed by atoms with Gasteiger partial charge in [0, 0.05) is 13.6 Å². The molecule has 0 aromatic heterocycles. The van der Waals surface area contributed by atoms with Crippen molar-refractivity contribution in [3.63, 3.8) is 0 Å². The van der Waals surface area contributed by atoms with Crippen molar-refractivity contribution in [2.24, 2.45) is 5.73 Å². The second kappa shape index (κ2) is 3.55. The largest absolute Gasteiger partial charge is 0.372 e. The van der Waals surface area contributed by atoms with Crippen molar-refractivity contribution in [2.75, 3.05) is 17.3 Å². The summed E-state index contributed by atoms with van der Waals surface area (Å²) in [6, 6.07) is 5.69. The van der Waals surface area contributed by atoms with E-state index in [9.17, 15) is 4.79 Å². The number of hydrogen-bond donors (Lipinski definition) is 2. The van der Waals surface area contributed by atoms with Crippen LogP contribution in [0.25, 0.3) is 0 Å². The number of benzene rings is 1. The zero-order valence-electron chi connectivity index (χ0n) is 8.95. The van der Waals surface area contributed by atoms with E-state index in [4.69, 9.17) is 5.73 Å². The molecule has 3 N–H and O–H groups in total. The fourth-order valence-electron chi connectivity index (χ4n) is 1.82. The first-order valence-electron chi connectivity index (χ1n) is 5.00. The van der Waals surface area contributed by atoms with Crippen LogP contribution in [0, 0.1) is 0 Å². The Labute approximate surface area is 89.1 Å². The van der Waals surface area contributed by atoms with Gasteiger partial charge in [0.05, 0.1) is 11.4 Å². The Morgan fingerprint density at radius 2 is 2.27 bits per heavy atom. The highest BCUT2D eigenvalue weighted by atomic mass is 16.2. The fourth-order valence-corrected chi connectivity index (χ4v) is 1.82. The molecule has 4 nitrogen and oxygen atoms in total. The number of anilines is 2. The average molecular weight is 205 g/mol. The smallest absolute Gasteiger partial charge is 0.248 e. The van der Waals surface area contributed by atoms with Crippen LogP contribution in [0.5, 0.6) is 0 Å². The van der Waals surface area contributed by atoms with E-state index in [1.54, 1.807) is 11.9 Å². The SMILES string of the molecule is CC1Nc2cc(CN)ccc2N(C)C1=O. The molecule has 1 aliphatic heterocycles. The number of nitrogens with one attached hydrogen (secondary N) is 1. The Kier molecular flexibility index (Phi) is 2.36. The highest BCUT2D eigenvalue weighted by Crippen LogP contribution is 2.31. The van der Waals surface area contributed by atoms with Gasteiger partial charge in [-0.05, 0) is 24.6 Å². The van der Waals surface area contributed by atoms with Crippen molar-refractivity contribution in [3.05, 3.63) is 23.8 Å². The maximum Gasteiger partial charge on any atom is 0.248 e. The topological polar surface area (TPSA) is 58.4 Å². The van der Waals surface area contributed by atoms with Crippen LogP contribution in [0.3, 0.4) is 0 Å². The van der Waals surface area contributed by atoms with E-state index >= 15 is 0 Å². The Hall–Kier alpha value is -1.55. The van der Waals surface area contributed by atoms with Gasteiger partial charge < -0.3 is 16.0 Å². The number of nitrogens with zero attached hydrogens (tertiary/aromatic N) is 1. The van der Waals surface area contributed by atoms with Gasteiger partial charge in [-0.15, -0.1) is 0 Å². The van der Waals surface area contributed by atoms with Gasteiger partial charge in [-0.3, -0.25) is 4.79 Å². The average Bonchev–Trinajstić information content (AvgIpc) is 2.25. The van der Waals surface area contributed by atoms with Gasteiger partial charge in [0.1, 0.15) is 6.04 Å². The lowest BCUT2D eigenvalue weighted by Crippen LogP contribution is -2.43. The van der Waals surface area contributed by atoms with E-state index in [0.717, 1.165) is 16.9 Å². The first kappa shape index (κ1) is 9.98. The number of likely N-dealkylation sites (N-methyl/N-ethyl adjacent to an activating group) is 1. The third-order valence-corrected chi connectivity index (χ3v) is 2.73. The summed E-state index contributed by atoms with van der Waals surface area (Å²) in [7, 11) is 1.79. The quantitative estimate of drug-likeness (QED) is 0.716. The third kappa shape index (κ3) is 1.57. The standard InChI is InChI=1S/C11H15N3O/c1-7-11(15)14(2)10-4-3-8(6-12)5-9(10)13-7/h3-5,7,13H,6,12H2,1-2H3. The predicted molar refractivity (Wildman–Crippen MR) is 60.8 cm³/mol. The van der Waals surface area contributed by atoms with Crippen molar-refractivity contribution in [2.45, 2.75) is 19.5 Å². The van der Waals surface area contributed by atoms with E-state index in [1.807, 2.05) is 25.1 Å². The summed E-state index contributed by atoms with van der Waals surface area (Å²) in [5.41, 5.74) is 8.53. The lowest BCUT2D eigenvalue weighted by molar-refractivity contribution is -0.118. The van der Waals surface area contributed by atoms with Crippen LogP contribution >= 0.6 is 0 Å². The van der Waals surface area contributed by atoms with Gasteiger partial charge in [-0.2, -0.15) is 0 Å². The molecule has 0 fully saturated rings. The zero-order chi connectivity index (χ0) is 11.0. The van der Waals surface area contributed by atoms with Gasteiger partial charge in [0.15, 0.2) is 0 Å². The molecular weight excluding hydrogens is 190 g/mol. The molecule has 1 amide bonds. The molecule has 0 aliphatic carbocycles. The number of rotatable bonds is 1. The molecule has 1 heterocycles. The maximum absolute atomic E-state index is 11.7. The minimum Gasteiger partial charge on any atom is -0.372 e. The zero-order valence-corrected chi connectivity index (χ0v) is 8.95. The molecular formula is C11H15N3O. The predicted octanol–water partition coefficient (Wildman–Crippen LogP) is 0.922. The molecule has 0 radical (unpaired) electrons. The van der Waals surface area contributed by atoms with Crippen LogP contribution in [0.1, 0.15) is 12.5 Å². The molecule has 0 bridgehead atoms. The monoisotopic (exact) mass is 205 g/mol. The van der Waals surface area contributed by atoms with Crippen LogP contribution in [-0.4, -0.2) is 19.0 Å². The van der Waals surface area contributed by atoms with Gasteiger partial charge in [0.2, 0.25) is 5.91 Å². The van der Waals surface area contributed by atoms with E-state index in [0.29, 0.717) is 6.54 Å². The van der Waals surface area contributed by atoms with Crippen LogP contribution in [0.15, 0.2) is 18.2 Å². The second-order valence-electron chi connectivity index (χ2n) is 3.82. The van der Waals surface area contributed by atoms with Gasteiger partial charge >= 0.3 is 0 Å². The normalized spacial score (nSPS) is 19.8. The third-order valence-electron chi connectivity index (χ3n) is 2.73. The fraction of sp³-hybridized carbons (Fsp3) is 0.364. The number of hydrogen-bond acceptors (Lipinski definition) is 3. The highest BCUT2D eigenvalue weighted by molar-refractivity contribution is 6.04. The molecule has 1 atom stereocenters. The van der Waals surface area contributed by atoms with E-state index in [2.05, 4.69) is 5.32 Å². The Bertz CT molecular complexity index is 403. The molecule has 4 heteroatoms. The van der Waals surface area contributed by atoms with E-state index in [-0.39, 0.29) is 11.9 Å². The molecule has 80 valence electrons. The number of amides is 1. The molecule has 0 saturated heterocycles. The summed E-state index contributed by atoms with van der Waals surface area (Å²) in [4.78, 5) is 13.4. The van der Waals surface area contributed by atoms with Crippen LogP contribution < -0.4 is 16.0 Å². The summed E-state index contributed by atoms with van der Waals surface area (Å²) >= 11 is 0. The summed E-state index contributed by atoms with van der Waals surface area (Å²) in [5.74, 6) is 0.0861. The van der Waals surface area contributed by atoms with Crippen molar-refractivity contribution in [3.8, 4) is 0 Å². The summed E-state index contributed by atoms with van der Waals surface area (Å²) < 4.78 is 0. The Balaban J connectivity index is 2.45. The maximum atomic E-state index is 11.7. The molecule has 1 aliphatic rings.